The highest BCUT2D eigenvalue weighted by Crippen LogP contribution is 2.19. The van der Waals surface area contributed by atoms with E-state index in [1.165, 1.54) is 11.3 Å². The Morgan fingerprint density at radius 3 is 2.52 bits per heavy atom. The number of likely N-dealkylation sites (tertiary alicyclic amines) is 1. The van der Waals surface area contributed by atoms with Crippen LogP contribution in [0.3, 0.4) is 0 Å². The van der Waals surface area contributed by atoms with Gasteiger partial charge in [-0.25, -0.2) is 0 Å². The van der Waals surface area contributed by atoms with Gasteiger partial charge in [-0.3, -0.25) is 9.59 Å². The lowest BCUT2D eigenvalue weighted by molar-refractivity contribution is -0.135. The van der Waals surface area contributed by atoms with Crippen molar-refractivity contribution in [2.24, 2.45) is 11.8 Å². The van der Waals surface area contributed by atoms with Crippen molar-refractivity contribution in [1.82, 2.24) is 15.5 Å². The van der Waals surface area contributed by atoms with Crippen LogP contribution in [0.25, 0.3) is 0 Å². The molecule has 0 bridgehead atoms. The minimum absolute atomic E-state index is 0. The van der Waals surface area contributed by atoms with Crippen molar-refractivity contribution < 1.29 is 9.59 Å². The molecule has 1 atom stereocenters. The first kappa shape index (κ1) is 21.9. The number of nitrogens with zero attached hydrogens (tertiary/aromatic N) is 1. The number of rotatable bonds is 7. The molecule has 2 rings (SSSR count). The zero-order valence-corrected chi connectivity index (χ0v) is 16.9. The van der Waals surface area contributed by atoms with Gasteiger partial charge < -0.3 is 15.5 Å². The van der Waals surface area contributed by atoms with Crippen LogP contribution in [0, 0.1) is 11.8 Å². The van der Waals surface area contributed by atoms with E-state index in [2.05, 4.69) is 17.6 Å². The summed E-state index contributed by atoms with van der Waals surface area (Å²) < 4.78 is 0. The summed E-state index contributed by atoms with van der Waals surface area (Å²) in [6.07, 6.45) is 2.06. The van der Waals surface area contributed by atoms with Gasteiger partial charge in [-0.15, -0.1) is 23.7 Å². The molecule has 1 unspecified atom stereocenters. The molecule has 1 fully saturated rings. The Labute approximate surface area is 161 Å². The van der Waals surface area contributed by atoms with Crippen LogP contribution in [0.2, 0.25) is 0 Å². The molecule has 1 aliphatic heterocycles. The molecule has 0 saturated carbocycles. The van der Waals surface area contributed by atoms with Crippen LogP contribution in [0.5, 0.6) is 0 Å². The van der Waals surface area contributed by atoms with Crippen LogP contribution in [-0.2, 0) is 4.79 Å². The number of halogens is 1. The van der Waals surface area contributed by atoms with E-state index in [1.54, 1.807) is 6.07 Å². The Morgan fingerprint density at radius 1 is 1.32 bits per heavy atom. The minimum Gasteiger partial charge on any atom is -0.341 e. The van der Waals surface area contributed by atoms with Gasteiger partial charge in [0.05, 0.1) is 4.88 Å². The summed E-state index contributed by atoms with van der Waals surface area (Å²) in [5, 5.41) is 8.19. The van der Waals surface area contributed by atoms with E-state index in [-0.39, 0.29) is 30.1 Å². The Hall–Kier alpha value is -1.11. The van der Waals surface area contributed by atoms with Gasteiger partial charge >= 0.3 is 0 Å². The predicted octanol–water partition coefficient (Wildman–Crippen LogP) is 2.77. The molecule has 2 heterocycles. The number of thiophene rings is 1. The third-order valence-corrected chi connectivity index (χ3v) is 5.44. The molecule has 2 amide bonds. The zero-order chi connectivity index (χ0) is 17.5. The number of hydrogen-bond donors (Lipinski definition) is 2. The normalized spacial score (nSPS) is 16.4. The highest BCUT2D eigenvalue weighted by molar-refractivity contribution is 7.12. The third-order valence-electron chi connectivity index (χ3n) is 4.57. The molecule has 2 N–H and O–H groups in total. The number of piperidine rings is 1. The Bertz CT molecular complexity index is 528. The third kappa shape index (κ3) is 6.28. The SMILES string of the molecule is CCNCC1CCN(C(=O)C(NC(=O)c2cccs2)C(C)C)CC1.Cl. The fourth-order valence-electron chi connectivity index (χ4n) is 3.04. The molecule has 0 aliphatic carbocycles. The average molecular weight is 388 g/mol. The summed E-state index contributed by atoms with van der Waals surface area (Å²) >= 11 is 1.40. The Morgan fingerprint density at radius 2 is 2.00 bits per heavy atom. The van der Waals surface area contributed by atoms with Crippen molar-refractivity contribution in [2.45, 2.75) is 39.7 Å². The van der Waals surface area contributed by atoms with E-state index >= 15 is 0 Å². The quantitative estimate of drug-likeness (QED) is 0.756. The second-order valence-corrected chi connectivity index (χ2v) is 7.70. The lowest BCUT2D eigenvalue weighted by Crippen LogP contribution is -2.53. The van der Waals surface area contributed by atoms with Gasteiger partial charge in [0.15, 0.2) is 0 Å². The minimum atomic E-state index is -0.454. The van der Waals surface area contributed by atoms with Crippen molar-refractivity contribution >= 4 is 35.6 Å². The largest absolute Gasteiger partial charge is 0.341 e. The summed E-state index contributed by atoms with van der Waals surface area (Å²) in [5.74, 6) is 0.615. The Kier molecular flexibility index (Phi) is 9.46. The van der Waals surface area contributed by atoms with Gasteiger partial charge in [-0.1, -0.05) is 26.8 Å². The molecular formula is C18H30ClN3O2S. The summed E-state index contributed by atoms with van der Waals surface area (Å²) in [6, 6.07) is 3.18. The van der Waals surface area contributed by atoms with Crippen molar-refractivity contribution in [2.75, 3.05) is 26.2 Å². The van der Waals surface area contributed by atoms with Gasteiger partial charge in [-0.2, -0.15) is 0 Å². The molecule has 0 radical (unpaired) electrons. The van der Waals surface area contributed by atoms with Crippen LogP contribution < -0.4 is 10.6 Å². The van der Waals surface area contributed by atoms with E-state index < -0.39 is 6.04 Å². The molecule has 25 heavy (non-hydrogen) atoms. The fourth-order valence-corrected chi connectivity index (χ4v) is 3.66. The highest BCUT2D eigenvalue weighted by Gasteiger charge is 2.31. The fraction of sp³-hybridized carbons (Fsp3) is 0.667. The summed E-state index contributed by atoms with van der Waals surface area (Å²) in [6.45, 7) is 9.66. The molecule has 1 aromatic rings. The van der Waals surface area contributed by atoms with E-state index in [4.69, 9.17) is 0 Å². The number of nitrogens with one attached hydrogen (secondary N) is 2. The topological polar surface area (TPSA) is 61.4 Å². The Balaban J connectivity index is 0.00000312. The lowest BCUT2D eigenvalue weighted by Gasteiger charge is -2.35. The van der Waals surface area contributed by atoms with Crippen LogP contribution in [0.15, 0.2) is 17.5 Å². The first-order valence-corrected chi connectivity index (χ1v) is 9.74. The van der Waals surface area contributed by atoms with Crippen LogP contribution in [0.1, 0.15) is 43.3 Å². The van der Waals surface area contributed by atoms with Gasteiger partial charge in [0.1, 0.15) is 6.04 Å². The standard InChI is InChI=1S/C18H29N3O2S.ClH/c1-4-19-12-14-7-9-21(10-8-14)18(23)16(13(2)3)20-17(22)15-6-5-11-24-15;/h5-6,11,13-14,16,19H,4,7-10,12H2,1-3H3,(H,20,22);1H. The number of carbonyl (C=O) groups excluding carboxylic acids is 2. The maximum Gasteiger partial charge on any atom is 0.262 e. The molecule has 1 aromatic heterocycles. The van der Waals surface area contributed by atoms with E-state index in [0.29, 0.717) is 10.8 Å². The molecule has 1 saturated heterocycles. The predicted molar refractivity (Wildman–Crippen MR) is 106 cm³/mol. The number of hydrogen-bond acceptors (Lipinski definition) is 4. The van der Waals surface area contributed by atoms with Gasteiger partial charge in [0, 0.05) is 13.1 Å². The maximum atomic E-state index is 12.9. The van der Waals surface area contributed by atoms with E-state index in [0.717, 1.165) is 39.0 Å². The number of amides is 2. The first-order valence-electron chi connectivity index (χ1n) is 8.86. The maximum absolute atomic E-state index is 12.9. The monoisotopic (exact) mass is 387 g/mol. The lowest BCUT2D eigenvalue weighted by atomic mass is 9.95. The van der Waals surface area contributed by atoms with Gasteiger partial charge in [0.25, 0.3) is 5.91 Å². The van der Waals surface area contributed by atoms with E-state index in [9.17, 15) is 9.59 Å². The van der Waals surface area contributed by atoms with Crippen LogP contribution >= 0.6 is 23.7 Å². The number of carbonyl (C=O) groups is 2. The van der Waals surface area contributed by atoms with E-state index in [1.807, 2.05) is 30.2 Å². The molecule has 0 aromatic carbocycles. The van der Waals surface area contributed by atoms with Crippen molar-refractivity contribution in [1.29, 1.82) is 0 Å². The van der Waals surface area contributed by atoms with Crippen molar-refractivity contribution in [3.8, 4) is 0 Å². The summed E-state index contributed by atoms with van der Waals surface area (Å²) in [4.78, 5) is 27.7. The smallest absolute Gasteiger partial charge is 0.262 e. The summed E-state index contributed by atoms with van der Waals surface area (Å²) in [7, 11) is 0. The highest BCUT2D eigenvalue weighted by atomic mass is 35.5. The molecule has 5 nitrogen and oxygen atoms in total. The van der Waals surface area contributed by atoms with Crippen molar-refractivity contribution in [3.63, 3.8) is 0 Å². The molecule has 1 aliphatic rings. The molecule has 0 spiro atoms. The second-order valence-electron chi connectivity index (χ2n) is 6.75. The van der Waals surface area contributed by atoms with Gasteiger partial charge in [0.2, 0.25) is 5.91 Å². The van der Waals surface area contributed by atoms with Crippen molar-refractivity contribution in [3.05, 3.63) is 22.4 Å². The van der Waals surface area contributed by atoms with Crippen LogP contribution in [-0.4, -0.2) is 48.9 Å². The second kappa shape index (κ2) is 10.8. The first-order chi connectivity index (χ1) is 11.5. The zero-order valence-electron chi connectivity index (χ0n) is 15.3. The van der Waals surface area contributed by atoms with Gasteiger partial charge in [-0.05, 0) is 49.2 Å². The molecular weight excluding hydrogens is 358 g/mol. The molecule has 142 valence electrons. The molecule has 7 heteroatoms. The summed E-state index contributed by atoms with van der Waals surface area (Å²) in [5.41, 5.74) is 0. The van der Waals surface area contributed by atoms with Crippen LogP contribution in [0.4, 0.5) is 0 Å². The average Bonchev–Trinajstić information content (AvgIpc) is 3.12.